The van der Waals surface area contributed by atoms with E-state index in [0.717, 1.165) is 51.5 Å². The Balaban J connectivity index is 1.53. The van der Waals surface area contributed by atoms with Crippen LogP contribution >= 0.6 is 0 Å². The van der Waals surface area contributed by atoms with Gasteiger partial charge in [-0.05, 0) is 32.4 Å². The number of hydrogen-bond acceptors (Lipinski definition) is 4. The summed E-state index contributed by atoms with van der Waals surface area (Å²) in [5, 5.41) is 6.63. The molecule has 0 atom stereocenters. The zero-order chi connectivity index (χ0) is 11.9. The van der Waals surface area contributed by atoms with Gasteiger partial charge in [-0.15, -0.1) is 0 Å². The van der Waals surface area contributed by atoms with Gasteiger partial charge in [0.2, 0.25) is 5.95 Å². The Kier molecular flexibility index (Phi) is 4.82. The van der Waals surface area contributed by atoms with Crippen molar-refractivity contribution in [2.24, 2.45) is 7.05 Å². The normalized spacial score (nSPS) is 17.2. The quantitative estimate of drug-likeness (QED) is 0.726. The van der Waals surface area contributed by atoms with Gasteiger partial charge in [-0.2, -0.15) is 0 Å². The first-order chi connectivity index (χ1) is 8.36. The summed E-state index contributed by atoms with van der Waals surface area (Å²) in [7, 11) is 1.99. The fraction of sp³-hybridized carbons (Fsp3) is 0.750. The first-order valence-corrected chi connectivity index (χ1v) is 6.40. The number of hydrogen-bond donors (Lipinski definition) is 2. The van der Waals surface area contributed by atoms with Crippen molar-refractivity contribution in [2.45, 2.75) is 25.4 Å². The molecule has 0 aliphatic carbocycles. The van der Waals surface area contributed by atoms with Crippen LogP contribution < -0.4 is 10.6 Å². The maximum Gasteiger partial charge on any atom is 0.202 e. The molecule has 1 aromatic heterocycles. The zero-order valence-corrected chi connectivity index (χ0v) is 10.5. The predicted octanol–water partition coefficient (Wildman–Crippen LogP) is 0.991. The lowest BCUT2D eigenvalue weighted by Gasteiger charge is -2.22. The first-order valence-electron chi connectivity index (χ1n) is 6.40. The Labute approximate surface area is 103 Å². The van der Waals surface area contributed by atoms with E-state index in [0.29, 0.717) is 6.10 Å². The van der Waals surface area contributed by atoms with E-state index < -0.39 is 0 Å². The van der Waals surface area contributed by atoms with E-state index in [1.165, 1.54) is 0 Å². The number of anilines is 1. The van der Waals surface area contributed by atoms with Crippen LogP contribution in [-0.2, 0) is 11.8 Å². The molecule has 2 N–H and O–H groups in total. The summed E-state index contributed by atoms with van der Waals surface area (Å²) in [5.41, 5.74) is 0. The lowest BCUT2D eigenvalue weighted by molar-refractivity contribution is 0.0329. The molecule has 0 unspecified atom stereocenters. The third-order valence-electron chi connectivity index (χ3n) is 3.07. The molecule has 1 fully saturated rings. The van der Waals surface area contributed by atoms with Gasteiger partial charge in [-0.3, -0.25) is 0 Å². The van der Waals surface area contributed by atoms with Gasteiger partial charge in [0.1, 0.15) is 0 Å². The van der Waals surface area contributed by atoms with Crippen LogP contribution in [0.5, 0.6) is 0 Å². The monoisotopic (exact) mass is 238 g/mol. The SMILES string of the molecule is Cn1ccnc1NCCCOC1CCNCC1. The van der Waals surface area contributed by atoms with Crippen molar-refractivity contribution < 1.29 is 4.74 Å². The van der Waals surface area contributed by atoms with Gasteiger partial charge in [0.05, 0.1) is 6.10 Å². The molecular formula is C12H22N4O. The van der Waals surface area contributed by atoms with Gasteiger partial charge in [0, 0.05) is 32.6 Å². The van der Waals surface area contributed by atoms with Crippen LogP contribution in [0.2, 0.25) is 0 Å². The van der Waals surface area contributed by atoms with Crippen LogP contribution in [0.3, 0.4) is 0 Å². The topological polar surface area (TPSA) is 51.1 Å². The van der Waals surface area contributed by atoms with Crippen LogP contribution in [0.25, 0.3) is 0 Å². The van der Waals surface area contributed by atoms with Gasteiger partial charge in [-0.1, -0.05) is 0 Å². The molecule has 0 radical (unpaired) electrons. The summed E-state index contributed by atoms with van der Waals surface area (Å²) in [6.45, 7) is 3.93. The number of aryl methyl sites for hydroxylation is 1. The number of ether oxygens (including phenoxy) is 1. The number of piperidine rings is 1. The van der Waals surface area contributed by atoms with Crippen molar-refractivity contribution in [3.8, 4) is 0 Å². The summed E-state index contributed by atoms with van der Waals surface area (Å²) in [5.74, 6) is 0.923. The van der Waals surface area contributed by atoms with Gasteiger partial charge < -0.3 is 19.9 Å². The largest absolute Gasteiger partial charge is 0.378 e. The second-order valence-electron chi connectivity index (χ2n) is 4.46. The number of nitrogens with one attached hydrogen (secondary N) is 2. The molecule has 1 aliphatic heterocycles. The van der Waals surface area contributed by atoms with Crippen molar-refractivity contribution in [1.29, 1.82) is 0 Å². The van der Waals surface area contributed by atoms with Crippen LogP contribution in [0, 0.1) is 0 Å². The van der Waals surface area contributed by atoms with E-state index >= 15 is 0 Å². The second-order valence-corrected chi connectivity index (χ2v) is 4.46. The van der Waals surface area contributed by atoms with Crippen molar-refractivity contribution in [3.63, 3.8) is 0 Å². The highest BCUT2D eigenvalue weighted by atomic mass is 16.5. The molecular weight excluding hydrogens is 216 g/mol. The van der Waals surface area contributed by atoms with Gasteiger partial charge in [0.25, 0.3) is 0 Å². The molecule has 0 amide bonds. The molecule has 0 aromatic carbocycles. The van der Waals surface area contributed by atoms with Crippen LogP contribution in [-0.4, -0.2) is 41.9 Å². The van der Waals surface area contributed by atoms with Crippen molar-refractivity contribution in [1.82, 2.24) is 14.9 Å². The standard InChI is InChI=1S/C12H22N4O/c1-16-9-8-15-12(16)14-5-2-10-17-11-3-6-13-7-4-11/h8-9,11,13H,2-7,10H2,1H3,(H,14,15). The van der Waals surface area contributed by atoms with Gasteiger partial charge >= 0.3 is 0 Å². The first kappa shape index (κ1) is 12.4. The Bertz CT molecular complexity index is 320. The van der Waals surface area contributed by atoms with Gasteiger partial charge in [0.15, 0.2) is 0 Å². The number of aromatic nitrogens is 2. The number of nitrogens with zero attached hydrogens (tertiary/aromatic N) is 2. The fourth-order valence-corrected chi connectivity index (χ4v) is 2.02. The molecule has 0 bridgehead atoms. The molecule has 17 heavy (non-hydrogen) atoms. The minimum Gasteiger partial charge on any atom is -0.378 e. The lowest BCUT2D eigenvalue weighted by atomic mass is 10.1. The van der Waals surface area contributed by atoms with Crippen molar-refractivity contribution >= 4 is 5.95 Å². The third-order valence-corrected chi connectivity index (χ3v) is 3.07. The van der Waals surface area contributed by atoms with Crippen molar-refractivity contribution in [2.75, 3.05) is 31.6 Å². The maximum atomic E-state index is 5.83. The number of imidazole rings is 1. The minimum absolute atomic E-state index is 0.462. The summed E-state index contributed by atoms with van der Waals surface area (Å²) in [6, 6.07) is 0. The molecule has 96 valence electrons. The molecule has 0 spiro atoms. The van der Waals surface area contributed by atoms with E-state index in [2.05, 4.69) is 15.6 Å². The van der Waals surface area contributed by atoms with Crippen molar-refractivity contribution in [3.05, 3.63) is 12.4 Å². The Morgan fingerprint density at radius 1 is 1.53 bits per heavy atom. The molecule has 1 aromatic rings. The lowest BCUT2D eigenvalue weighted by Crippen LogP contribution is -2.32. The third kappa shape index (κ3) is 4.02. The van der Waals surface area contributed by atoms with E-state index in [9.17, 15) is 0 Å². The fourth-order valence-electron chi connectivity index (χ4n) is 2.02. The van der Waals surface area contributed by atoms with Crippen LogP contribution in [0.1, 0.15) is 19.3 Å². The smallest absolute Gasteiger partial charge is 0.202 e. The van der Waals surface area contributed by atoms with E-state index in [1.54, 1.807) is 6.20 Å². The Morgan fingerprint density at radius 3 is 3.06 bits per heavy atom. The van der Waals surface area contributed by atoms with E-state index in [-0.39, 0.29) is 0 Å². The average molecular weight is 238 g/mol. The summed E-state index contributed by atoms with van der Waals surface area (Å²) < 4.78 is 7.81. The molecule has 5 heteroatoms. The summed E-state index contributed by atoms with van der Waals surface area (Å²) in [6.07, 6.45) is 7.52. The highest BCUT2D eigenvalue weighted by Gasteiger charge is 2.12. The van der Waals surface area contributed by atoms with Crippen LogP contribution in [0.4, 0.5) is 5.95 Å². The predicted molar refractivity (Wildman–Crippen MR) is 68.2 cm³/mol. The average Bonchev–Trinajstić information content (AvgIpc) is 2.76. The van der Waals surface area contributed by atoms with Gasteiger partial charge in [-0.25, -0.2) is 4.98 Å². The summed E-state index contributed by atoms with van der Waals surface area (Å²) in [4.78, 5) is 4.21. The van der Waals surface area contributed by atoms with E-state index in [1.807, 2.05) is 17.8 Å². The van der Waals surface area contributed by atoms with Crippen LogP contribution in [0.15, 0.2) is 12.4 Å². The molecule has 1 saturated heterocycles. The van der Waals surface area contributed by atoms with E-state index in [4.69, 9.17) is 4.74 Å². The molecule has 1 aliphatic rings. The highest BCUT2D eigenvalue weighted by molar-refractivity contribution is 5.24. The Hall–Kier alpha value is -1.07. The Morgan fingerprint density at radius 2 is 2.35 bits per heavy atom. The zero-order valence-electron chi connectivity index (χ0n) is 10.5. The molecule has 0 saturated carbocycles. The second kappa shape index (κ2) is 6.61. The highest BCUT2D eigenvalue weighted by Crippen LogP contribution is 2.07. The molecule has 5 nitrogen and oxygen atoms in total. The maximum absolute atomic E-state index is 5.83. The molecule has 2 heterocycles. The summed E-state index contributed by atoms with van der Waals surface area (Å²) >= 11 is 0. The minimum atomic E-state index is 0.462. The molecule has 2 rings (SSSR count). The number of rotatable bonds is 6.